The number of rotatable bonds is 7. The third-order valence-corrected chi connectivity index (χ3v) is 5.37. The highest BCUT2D eigenvalue weighted by Gasteiger charge is 2.30. The molecule has 0 unspecified atom stereocenters. The average Bonchev–Trinajstić information content (AvgIpc) is 2.73. The minimum absolute atomic E-state index is 0. The summed E-state index contributed by atoms with van der Waals surface area (Å²) in [6.07, 6.45) is 1.32. The lowest BCUT2D eigenvalue weighted by Crippen LogP contribution is -2.53. The van der Waals surface area contributed by atoms with Gasteiger partial charge in [-0.3, -0.25) is 9.89 Å². The van der Waals surface area contributed by atoms with Crippen LogP contribution in [0.4, 0.5) is 0 Å². The van der Waals surface area contributed by atoms with Gasteiger partial charge in [-0.2, -0.15) is 0 Å². The maximum Gasteiger partial charge on any atom is 0.194 e. The van der Waals surface area contributed by atoms with E-state index in [4.69, 9.17) is 14.5 Å². The van der Waals surface area contributed by atoms with Crippen molar-refractivity contribution >= 4 is 29.9 Å². The summed E-state index contributed by atoms with van der Waals surface area (Å²) in [6.45, 7) is 10.0. The number of hydrogen-bond donors (Lipinski definition) is 2. The van der Waals surface area contributed by atoms with Crippen molar-refractivity contribution in [1.82, 2.24) is 15.1 Å². The van der Waals surface area contributed by atoms with Gasteiger partial charge in [0.1, 0.15) is 12.4 Å². The SMILES string of the molecule is CCNC(=NCC1(O)CCOCC1)N1CCN(CCOc2ccccc2)CC1.I. The highest BCUT2D eigenvalue weighted by atomic mass is 127. The molecule has 0 radical (unpaired) electrons. The normalized spacial score (nSPS) is 20.1. The van der Waals surface area contributed by atoms with Crippen molar-refractivity contribution in [3.05, 3.63) is 30.3 Å². The molecule has 2 fully saturated rings. The third-order valence-electron chi connectivity index (χ3n) is 5.37. The second-order valence-corrected chi connectivity index (χ2v) is 7.50. The molecule has 0 aliphatic carbocycles. The molecular weight excluding hydrogens is 483 g/mol. The summed E-state index contributed by atoms with van der Waals surface area (Å²) in [6, 6.07) is 9.96. The number of nitrogens with one attached hydrogen (secondary N) is 1. The van der Waals surface area contributed by atoms with E-state index >= 15 is 0 Å². The van der Waals surface area contributed by atoms with Crippen LogP contribution < -0.4 is 10.1 Å². The van der Waals surface area contributed by atoms with E-state index in [0.29, 0.717) is 39.2 Å². The first-order valence-electron chi connectivity index (χ1n) is 10.4. The van der Waals surface area contributed by atoms with Gasteiger partial charge < -0.3 is 24.8 Å². The van der Waals surface area contributed by atoms with Crippen LogP contribution in [0.3, 0.4) is 0 Å². The van der Waals surface area contributed by atoms with Gasteiger partial charge in [-0.05, 0) is 19.1 Å². The molecule has 29 heavy (non-hydrogen) atoms. The van der Waals surface area contributed by atoms with Gasteiger partial charge >= 0.3 is 0 Å². The Balaban J connectivity index is 0.00000300. The molecule has 7 nitrogen and oxygen atoms in total. The van der Waals surface area contributed by atoms with Crippen molar-refractivity contribution in [2.45, 2.75) is 25.4 Å². The summed E-state index contributed by atoms with van der Waals surface area (Å²) >= 11 is 0. The predicted octanol–water partition coefficient (Wildman–Crippen LogP) is 1.81. The van der Waals surface area contributed by atoms with Crippen LogP contribution in [0, 0.1) is 0 Å². The Kier molecular flexibility index (Phi) is 10.5. The predicted molar refractivity (Wildman–Crippen MR) is 126 cm³/mol. The number of piperazine rings is 1. The van der Waals surface area contributed by atoms with Crippen LogP contribution in [-0.2, 0) is 4.74 Å². The zero-order chi connectivity index (χ0) is 19.7. The van der Waals surface area contributed by atoms with Gasteiger partial charge in [0.25, 0.3) is 0 Å². The molecule has 2 N–H and O–H groups in total. The number of benzene rings is 1. The largest absolute Gasteiger partial charge is 0.492 e. The third kappa shape index (κ3) is 7.92. The molecule has 2 saturated heterocycles. The van der Waals surface area contributed by atoms with Crippen LogP contribution in [0.1, 0.15) is 19.8 Å². The molecule has 2 heterocycles. The van der Waals surface area contributed by atoms with Gasteiger partial charge in [-0.1, -0.05) is 18.2 Å². The van der Waals surface area contributed by atoms with E-state index in [1.165, 1.54) is 0 Å². The zero-order valence-corrected chi connectivity index (χ0v) is 19.7. The lowest BCUT2D eigenvalue weighted by molar-refractivity contribution is -0.0567. The van der Waals surface area contributed by atoms with Crippen molar-refractivity contribution in [3.8, 4) is 5.75 Å². The summed E-state index contributed by atoms with van der Waals surface area (Å²) < 4.78 is 11.2. The van der Waals surface area contributed by atoms with E-state index in [9.17, 15) is 5.11 Å². The lowest BCUT2D eigenvalue weighted by atomic mass is 9.95. The average molecular weight is 518 g/mol. The fourth-order valence-corrected chi connectivity index (χ4v) is 3.55. The first kappa shape index (κ1) is 24.2. The van der Waals surface area contributed by atoms with Crippen molar-refractivity contribution < 1.29 is 14.6 Å². The van der Waals surface area contributed by atoms with Gasteiger partial charge in [-0.25, -0.2) is 0 Å². The molecule has 1 aromatic carbocycles. The molecule has 3 rings (SSSR count). The van der Waals surface area contributed by atoms with Crippen molar-refractivity contribution in [2.24, 2.45) is 4.99 Å². The van der Waals surface area contributed by atoms with Gasteiger partial charge in [0, 0.05) is 65.3 Å². The minimum Gasteiger partial charge on any atom is -0.492 e. The van der Waals surface area contributed by atoms with E-state index in [-0.39, 0.29) is 24.0 Å². The summed E-state index contributed by atoms with van der Waals surface area (Å²) in [5.74, 6) is 1.83. The molecule has 0 spiro atoms. The minimum atomic E-state index is -0.727. The highest BCUT2D eigenvalue weighted by Crippen LogP contribution is 2.20. The summed E-state index contributed by atoms with van der Waals surface area (Å²) in [7, 11) is 0. The van der Waals surface area contributed by atoms with Crippen LogP contribution in [0.5, 0.6) is 5.75 Å². The van der Waals surface area contributed by atoms with Crippen LogP contribution >= 0.6 is 24.0 Å². The Morgan fingerprint density at radius 3 is 2.52 bits per heavy atom. The Morgan fingerprint density at radius 2 is 1.86 bits per heavy atom. The molecular formula is C21H35IN4O3. The van der Waals surface area contributed by atoms with Gasteiger partial charge in [0.2, 0.25) is 0 Å². The number of guanidine groups is 1. The number of halogens is 1. The van der Waals surface area contributed by atoms with E-state index in [1.807, 2.05) is 30.3 Å². The van der Waals surface area contributed by atoms with Crippen molar-refractivity contribution in [1.29, 1.82) is 0 Å². The molecule has 0 bridgehead atoms. The molecule has 0 saturated carbocycles. The van der Waals surface area contributed by atoms with E-state index < -0.39 is 5.60 Å². The second-order valence-electron chi connectivity index (χ2n) is 7.50. The molecule has 8 heteroatoms. The molecule has 2 aliphatic heterocycles. The smallest absolute Gasteiger partial charge is 0.194 e. The summed E-state index contributed by atoms with van der Waals surface area (Å²) in [5, 5.41) is 14.0. The Bertz CT molecular complexity index is 603. The topological polar surface area (TPSA) is 69.6 Å². The molecule has 164 valence electrons. The highest BCUT2D eigenvalue weighted by molar-refractivity contribution is 14.0. The first-order valence-corrected chi connectivity index (χ1v) is 10.4. The number of aliphatic imine (C=N–C) groups is 1. The van der Waals surface area contributed by atoms with Gasteiger partial charge in [0.15, 0.2) is 5.96 Å². The van der Waals surface area contributed by atoms with Gasteiger partial charge in [0.05, 0.1) is 12.1 Å². The maximum atomic E-state index is 10.7. The lowest BCUT2D eigenvalue weighted by Gasteiger charge is -2.37. The van der Waals surface area contributed by atoms with Crippen molar-refractivity contribution in [3.63, 3.8) is 0 Å². The van der Waals surface area contributed by atoms with E-state index in [1.54, 1.807) is 0 Å². The Labute approximate surface area is 191 Å². The number of ether oxygens (including phenoxy) is 2. The quantitative estimate of drug-likeness (QED) is 0.326. The molecule has 0 atom stereocenters. The maximum absolute atomic E-state index is 10.7. The number of para-hydroxylation sites is 1. The number of hydrogen-bond acceptors (Lipinski definition) is 5. The number of nitrogens with zero attached hydrogens (tertiary/aromatic N) is 3. The zero-order valence-electron chi connectivity index (χ0n) is 17.4. The molecule has 0 aromatic heterocycles. The van der Waals surface area contributed by atoms with Crippen molar-refractivity contribution in [2.75, 3.05) is 65.6 Å². The van der Waals surface area contributed by atoms with E-state index in [0.717, 1.165) is 51.0 Å². The van der Waals surface area contributed by atoms with Crippen LogP contribution in [0.2, 0.25) is 0 Å². The van der Waals surface area contributed by atoms with E-state index in [2.05, 4.69) is 22.0 Å². The van der Waals surface area contributed by atoms with Crippen LogP contribution in [-0.4, -0.2) is 92.1 Å². The molecule has 0 amide bonds. The Hall–Kier alpha value is -1.10. The molecule has 1 aromatic rings. The summed E-state index contributed by atoms with van der Waals surface area (Å²) in [5.41, 5.74) is -0.727. The second kappa shape index (κ2) is 12.6. The first-order chi connectivity index (χ1) is 13.7. The number of aliphatic hydroxyl groups is 1. The van der Waals surface area contributed by atoms with Gasteiger partial charge in [-0.15, -0.1) is 24.0 Å². The summed E-state index contributed by atoms with van der Waals surface area (Å²) in [4.78, 5) is 9.46. The van der Waals surface area contributed by atoms with Crippen LogP contribution in [0.25, 0.3) is 0 Å². The fourth-order valence-electron chi connectivity index (χ4n) is 3.55. The monoisotopic (exact) mass is 518 g/mol. The fraction of sp³-hybridized carbons (Fsp3) is 0.667. The molecule has 2 aliphatic rings. The Morgan fingerprint density at radius 1 is 1.17 bits per heavy atom. The van der Waals surface area contributed by atoms with Crippen LogP contribution in [0.15, 0.2) is 35.3 Å². The standard InChI is InChI=1S/C21H34N4O3.HI/c1-2-22-20(23-18-21(26)8-15-27-16-9-21)25-12-10-24(11-13-25)14-17-28-19-6-4-3-5-7-19;/h3-7,26H,2,8-18H2,1H3,(H,22,23);1H.